The van der Waals surface area contributed by atoms with Crippen molar-refractivity contribution in [2.45, 2.75) is 10.8 Å². The molecular weight excluding hydrogens is 831 g/mol. The second-order valence-electron chi connectivity index (χ2n) is 18.3. The minimum Gasteiger partial charge on any atom is -0.310 e. The van der Waals surface area contributed by atoms with Crippen molar-refractivity contribution < 1.29 is 0 Å². The highest BCUT2D eigenvalue weighted by molar-refractivity contribution is 5.93. The normalized spacial score (nSPS) is 13.4. The Labute approximate surface area is 404 Å². The Kier molecular flexibility index (Phi) is 9.70. The van der Waals surface area contributed by atoms with Crippen molar-refractivity contribution in [3.8, 4) is 44.5 Å². The summed E-state index contributed by atoms with van der Waals surface area (Å²) < 4.78 is 0. The van der Waals surface area contributed by atoms with Gasteiger partial charge in [-0.05, 0) is 114 Å². The van der Waals surface area contributed by atoms with Gasteiger partial charge in [0.1, 0.15) is 0 Å². The zero-order valence-electron chi connectivity index (χ0n) is 38.1. The van der Waals surface area contributed by atoms with Crippen LogP contribution >= 0.6 is 0 Å². The van der Waals surface area contributed by atoms with Gasteiger partial charge < -0.3 is 4.90 Å². The van der Waals surface area contributed by atoms with Gasteiger partial charge in [-0.15, -0.1) is 0 Å². The first-order valence-corrected chi connectivity index (χ1v) is 24.0. The molecule has 324 valence electrons. The molecule has 0 fully saturated rings. The van der Waals surface area contributed by atoms with Crippen LogP contribution in [0.2, 0.25) is 0 Å². The van der Waals surface area contributed by atoms with E-state index in [1.807, 2.05) is 0 Å². The summed E-state index contributed by atoms with van der Waals surface area (Å²) >= 11 is 0. The van der Waals surface area contributed by atoms with Crippen LogP contribution in [0, 0.1) is 0 Å². The Bertz CT molecular complexity index is 3550. The first kappa shape index (κ1) is 40.5. The third-order valence-electron chi connectivity index (χ3n) is 14.9. The van der Waals surface area contributed by atoms with E-state index in [4.69, 9.17) is 0 Å². The van der Waals surface area contributed by atoms with Gasteiger partial charge in [0, 0.05) is 16.9 Å². The van der Waals surface area contributed by atoms with Gasteiger partial charge in [0.2, 0.25) is 0 Å². The fourth-order valence-electron chi connectivity index (χ4n) is 12.0. The molecule has 13 rings (SSSR count). The van der Waals surface area contributed by atoms with Gasteiger partial charge in [-0.2, -0.15) is 0 Å². The number of anilines is 3. The largest absolute Gasteiger partial charge is 0.310 e. The molecule has 0 saturated heterocycles. The summed E-state index contributed by atoms with van der Waals surface area (Å²) in [5.41, 5.74) is 22.2. The monoisotopic (exact) mass is 877 g/mol. The molecule has 1 nitrogen and oxygen atoms in total. The summed E-state index contributed by atoms with van der Waals surface area (Å²) in [6.45, 7) is 0. The van der Waals surface area contributed by atoms with Crippen LogP contribution in [-0.2, 0) is 10.8 Å². The van der Waals surface area contributed by atoms with Gasteiger partial charge in [-0.3, -0.25) is 0 Å². The number of benzene rings is 11. The minimum absolute atomic E-state index is 0.499. The van der Waals surface area contributed by atoms with Gasteiger partial charge in [0.25, 0.3) is 0 Å². The van der Waals surface area contributed by atoms with Crippen molar-refractivity contribution in [3.63, 3.8) is 0 Å². The molecule has 0 aromatic heterocycles. The Morgan fingerprint density at radius 3 is 1.07 bits per heavy atom. The Morgan fingerprint density at radius 1 is 0.217 bits per heavy atom. The standard InChI is InChI=1S/C68H47N/c1-5-21-48(22-6-1)49-37-39-50(40-38-49)57-29-16-20-36-66(57)69(55-43-41-54(42-44-55)67(51-23-7-2-8-24-51)62-33-17-13-30-58(62)59-31-14-18-34-63(59)67)56-45-46-61-60-32-15-19-35-64(60)68(65(61)47-56,52-25-9-3-10-26-52)53-27-11-4-12-28-53/h1-47H. The van der Waals surface area contributed by atoms with Crippen LogP contribution in [0.25, 0.3) is 44.5 Å². The van der Waals surface area contributed by atoms with E-state index in [2.05, 4.69) is 290 Å². The maximum Gasteiger partial charge on any atom is 0.0714 e. The summed E-state index contributed by atoms with van der Waals surface area (Å²) in [5, 5.41) is 0. The molecule has 0 heterocycles. The van der Waals surface area contributed by atoms with Crippen molar-refractivity contribution >= 4 is 17.1 Å². The predicted octanol–water partition coefficient (Wildman–Crippen LogP) is 17.2. The maximum atomic E-state index is 2.49. The van der Waals surface area contributed by atoms with E-state index < -0.39 is 10.8 Å². The van der Waals surface area contributed by atoms with E-state index in [1.165, 1.54) is 77.9 Å². The number of fused-ring (bicyclic) bond motifs is 6. The third-order valence-corrected chi connectivity index (χ3v) is 14.9. The molecule has 0 N–H and O–H groups in total. The first-order chi connectivity index (χ1) is 34.2. The number of nitrogens with zero attached hydrogens (tertiary/aromatic N) is 1. The molecule has 69 heavy (non-hydrogen) atoms. The average molecular weight is 878 g/mol. The molecule has 0 saturated carbocycles. The lowest BCUT2D eigenvalue weighted by atomic mass is 9.67. The molecule has 0 aliphatic heterocycles. The van der Waals surface area contributed by atoms with E-state index in [0.717, 1.165) is 28.2 Å². The fourth-order valence-corrected chi connectivity index (χ4v) is 12.0. The molecule has 2 aliphatic rings. The smallest absolute Gasteiger partial charge is 0.0714 e. The zero-order chi connectivity index (χ0) is 45.8. The van der Waals surface area contributed by atoms with Crippen LogP contribution in [0.4, 0.5) is 17.1 Å². The predicted molar refractivity (Wildman–Crippen MR) is 287 cm³/mol. The van der Waals surface area contributed by atoms with Crippen LogP contribution in [0.1, 0.15) is 44.5 Å². The maximum absolute atomic E-state index is 2.49. The summed E-state index contributed by atoms with van der Waals surface area (Å²) in [4.78, 5) is 2.49. The molecule has 1 heteroatoms. The quantitative estimate of drug-likeness (QED) is 0.140. The Balaban J connectivity index is 1.04. The van der Waals surface area contributed by atoms with E-state index >= 15 is 0 Å². The van der Waals surface area contributed by atoms with Gasteiger partial charge in [0.05, 0.1) is 16.5 Å². The third kappa shape index (κ3) is 6.24. The van der Waals surface area contributed by atoms with Crippen molar-refractivity contribution in [1.82, 2.24) is 0 Å². The highest BCUT2D eigenvalue weighted by atomic mass is 15.1. The highest BCUT2D eigenvalue weighted by Gasteiger charge is 2.47. The van der Waals surface area contributed by atoms with E-state index in [9.17, 15) is 0 Å². The average Bonchev–Trinajstić information content (AvgIpc) is 3.91. The van der Waals surface area contributed by atoms with Crippen molar-refractivity contribution in [3.05, 3.63) is 330 Å². The SMILES string of the molecule is c1ccc(-c2ccc(-c3ccccc3N(c3ccc(C4(c5ccccc5)c5ccccc5-c5ccccc54)cc3)c3ccc4c(c3)C(c3ccccc3)(c3ccccc3)c3ccccc3-4)cc2)cc1. The van der Waals surface area contributed by atoms with Crippen molar-refractivity contribution in [2.75, 3.05) is 4.90 Å². The number of hydrogen-bond donors (Lipinski definition) is 0. The summed E-state index contributed by atoms with van der Waals surface area (Å²) in [5.74, 6) is 0. The van der Waals surface area contributed by atoms with Crippen LogP contribution in [-0.4, -0.2) is 0 Å². The van der Waals surface area contributed by atoms with Crippen LogP contribution in [0.15, 0.2) is 285 Å². The topological polar surface area (TPSA) is 3.24 Å². The zero-order valence-corrected chi connectivity index (χ0v) is 38.1. The number of para-hydroxylation sites is 1. The van der Waals surface area contributed by atoms with Gasteiger partial charge in [-0.25, -0.2) is 0 Å². The van der Waals surface area contributed by atoms with Crippen LogP contribution < -0.4 is 4.90 Å². The molecule has 0 spiro atoms. The molecule has 0 bridgehead atoms. The molecule has 11 aromatic rings. The molecule has 0 amide bonds. The lowest BCUT2D eigenvalue weighted by molar-refractivity contribution is 0.768. The van der Waals surface area contributed by atoms with Gasteiger partial charge in [0.15, 0.2) is 0 Å². The van der Waals surface area contributed by atoms with Crippen LogP contribution in [0.3, 0.4) is 0 Å². The van der Waals surface area contributed by atoms with E-state index in [0.29, 0.717) is 0 Å². The second-order valence-corrected chi connectivity index (χ2v) is 18.3. The second kappa shape index (κ2) is 16.5. The van der Waals surface area contributed by atoms with Crippen molar-refractivity contribution in [2.24, 2.45) is 0 Å². The lowest BCUT2D eigenvalue weighted by Gasteiger charge is -2.36. The van der Waals surface area contributed by atoms with Crippen molar-refractivity contribution in [1.29, 1.82) is 0 Å². The molecule has 0 atom stereocenters. The van der Waals surface area contributed by atoms with Crippen LogP contribution in [0.5, 0.6) is 0 Å². The molecule has 0 unspecified atom stereocenters. The minimum atomic E-state index is -0.544. The van der Waals surface area contributed by atoms with Gasteiger partial charge in [-0.1, -0.05) is 255 Å². The molecular formula is C68H47N. The van der Waals surface area contributed by atoms with E-state index in [1.54, 1.807) is 0 Å². The number of hydrogen-bond acceptors (Lipinski definition) is 1. The summed E-state index contributed by atoms with van der Waals surface area (Å²) in [7, 11) is 0. The Hall–Kier alpha value is -8.78. The molecule has 0 radical (unpaired) electrons. The van der Waals surface area contributed by atoms with Gasteiger partial charge >= 0.3 is 0 Å². The summed E-state index contributed by atoms with van der Waals surface area (Å²) in [6.07, 6.45) is 0. The summed E-state index contributed by atoms with van der Waals surface area (Å²) in [6, 6.07) is 105. The number of rotatable bonds is 9. The van der Waals surface area contributed by atoms with E-state index in [-0.39, 0.29) is 0 Å². The lowest BCUT2D eigenvalue weighted by Crippen LogP contribution is -2.29. The molecule has 11 aromatic carbocycles. The Morgan fingerprint density at radius 2 is 0.565 bits per heavy atom. The highest BCUT2D eigenvalue weighted by Crippen LogP contribution is 2.59. The first-order valence-electron chi connectivity index (χ1n) is 24.0. The fraction of sp³-hybridized carbons (Fsp3) is 0.0294. The molecule has 2 aliphatic carbocycles.